The van der Waals surface area contributed by atoms with Crippen LogP contribution in [-0.4, -0.2) is 52.5 Å². The Balaban J connectivity index is 1.24. The SMILES string of the molecule is C[C@H]1C(=O)N2CCCc3nc(NCc4ccc(OC5CCC(F)(F)CC5)nc4)nc(c32)N1C. The third kappa shape index (κ3) is 4.30. The van der Waals surface area contributed by atoms with Crippen molar-refractivity contribution in [3.05, 3.63) is 29.6 Å². The predicted octanol–water partition coefficient (Wildman–Crippen LogP) is 3.56. The minimum absolute atomic E-state index is 0.0885. The van der Waals surface area contributed by atoms with E-state index >= 15 is 0 Å². The Morgan fingerprint density at radius 1 is 1.24 bits per heavy atom. The number of likely N-dealkylation sites (N-methyl/N-ethyl adjacent to an activating group) is 1. The van der Waals surface area contributed by atoms with Gasteiger partial charge in [0.15, 0.2) is 5.82 Å². The van der Waals surface area contributed by atoms with E-state index in [0.29, 0.717) is 37.8 Å². The average Bonchev–Trinajstić information content (AvgIpc) is 2.81. The monoisotopic (exact) mass is 458 g/mol. The number of ether oxygens (including phenoxy) is 1. The van der Waals surface area contributed by atoms with Gasteiger partial charge in [-0.15, -0.1) is 0 Å². The molecule has 8 nitrogen and oxygen atoms in total. The molecule has 0 radical (unpaired) electrons. The second-order valence-corrected chi connectivity index (χ2v) is 9.08. The summed E-state index contributed by atoms with van der Waals surface area (Å²) in [4.78, 5) is 30.1. The molecule has 1 N–H and O–H groups in total. The summed E-state index contributed by atoms with van der Waals surface area (Å²) in [5, 5.41) is 3.26. The van der Waals surface area contributed by atoms with E-state index in [-0.39, 0.29) is 30.9 Å². The van der Waals surface area contributed by atoms with Crippen LogP contribution in [0.4, 0.5) is 26.2 Å². The van der Waals surface area contributed by atoms with Crippen LogP contribution < -0.4 is 19.9 Å². The third-order valence-corrected chi connectivity index (χ3v) is 6.74. The molecule has 3 aliphatic rings. The fraction of sp³-hybridized carbons (Fsp3) is 0.565. The van der Waals surface area contributed by atoms with E-state index in [1.165, 1.54) is 0 Å². The molecule has 2 aliphatic heterocycles. The highest BCUT2D eigenvalue weighted by Crippen LogP contribution is 2.39. The maximum atomic E-state index is 13.3. The van der Waals surface area contributed by atoms with Crippen LogP contribution in [0.1, 0.15) is 50.3 Å². The van der Waals surface area contributed by atoms with Gasteiger partial charge in [-0.05, 0) is 38.2 Å². The van der Waals surface area contributed by atoms with Gasteiger partial charge in [-0.1, -0.05) is 6.07 Å². The Morgan fingerprint density at radius 2 is 2.03 bits per heavy atom. The first-order valence-electron chi connectivity index (χ1n) is 11.5. The lowest BCUT2D eigenvalue weighted by Crippen LogP contribution is -2.53. The molecule has 0 spiro atoms. The number of aryl methyl sites for hydroxylation is 1. The number of halogens is 2. The van der Waals surface area contributed by atoms with Crippen molar-refractivity contribution < 1.29 is 18.3 Å². The van der Waals surface area contributed by atoms with E-state index < -0.39 is 5.92 Å². The van der Waals surface area contributed by atoms with Gasteiger partial charge in [-0.2, -0.15) is 4.98 Å². The molecule has 0 saturated heterocycles. The summed E-state index contributed by atoms with van der Waals surface area (Å²) in [5.74, 6) is -0.744. The smallest absolute Gasteiger partial charge is 0.249 e. The van der Waals surface area contributed by atoms with Crippen LogP contribution in [0.3, 0.4) is 0 Å². The molecule has 1 saturated carbocycles. The van der Waals surface area contributed by atoms with Crippen molar-refractivity contribution in [2.24, 2.45) is 0 Å². The van der Waals surface area contributed by atoms with Crippen molar-refractivity contribution in [3.63, 3.8) is 0 Å². The Hall–Kier alpha value is -3.04. The van der Waals surface area contributed by atoms with E-state index in [2.05, 4.69) is 15.3 Å². The highest BCUT2D eigenvalue weighted by molar-refractivity contribution is 6.05. The molecular weight excluding hydrogens is 430 g/mol. The molecule has 1 amide bonds. The number of alkyl halides is 2. The van der Waals surface area contributed by atoms with Crippen molar-refractivity contribution in [1.82, 2.24) is 15.0 Å². The molecule has 0 aromatic carbocycles. The van der Waals surface area contributed by atoms with E-state index in [1.54, 1.807) is 12.3 Å². The number of anilines is 3. The summed E-state index contributed by atoms with van der Waals surface area (Å²) in [6.45, 7) is 3.07. The Labute approximate surface area is 191 Å². The topological polar surface area (TPSA) is 83.5 Å². The van der Waals surface area contributed by atoms with Crippen molar-refractivity contribution in [2.45, 2.75) is 70.1 Å². The van der Waals surface area contributed by atoms with Crippen LogP contribution in [0.25, 0.3) is 0 Å². The largest absolute Gasteiger partial charge is 0.474 e. The number of pyridine rings is 1. The van der Waals surface area contributed by atoms with Crippen molar-refractivity contribution in [2.75, 3.05) is 28.7 Å². The third-order valence-electron chi connectivity index (χ3n) is 6.74. The fourth-order valence-corrected chi connectivity index (χ4v) is 4.64. The number of nitrogens with one attached hydrogen (secondary N) is 1. The number of carbonyl (C=O) groups excluding carboxylic acids is 1. The molecule has 0 unspecified atom stereocenters. The summed E-state index contributed by atoms with van der Waals surface area (Å²) in [7, 11) is 1.89. The molecule has 33 heavy (non-hydrogen) atoms. The van der Waals surface area contributed by atoms with E-state index in [1.807, 2.05) is 29.8 Å². The van der Waals surface area contributed by atoms with Crippen molar-refractivity contribution in [3.8, 4) is 5.88 Å². The normalized spacial score (nSPS) is 22.2. The summed E-state index contributed by atoms with van der Waals surface area (Å²) in [5.41, 5.74) is 2.65. The Kier molecular flexibility index (Phi) is 5.54. The van der Waals surface area contributed by atoms with Gasteiger partial charge < -0.3 is 19.9 Å². The lowest BCUT2D eigenvalue weighted by Gasteiger charge is -2.41. The van der Waals surface area contributed by atoms with Crippen LogP contribution in [0.5, 0.6) is 5.88 Å². The molecule has 176 valence electrons. The maximum Gasteiger partial charge on any atom is 0.249 e. The summed E-state index contributed by atoms with van der Waals surface area (Å²) >= 11 is 0. The van der Waals surface area contributed by atoms with Crippen molar-refractivity contribution in [1.29, 1.82) is 0 Å². The van der Waals surface area contributed by atoms with E-state index in [4.69, 9.17) is 9.72 Å². The van der Waals surface area contributed by atoms with Gasteiger partial charge in [0.1, 0.15) is 17.8 Å². The molecule has 2 aromatic rings. The van der Waals surface area contributed by atoms with Gasteiger partial charge in [0.25, 0.3) is 0 Å². The van der Waals surface area contributed by atoms with Crippen molar-refractivity contribution >= 4 is 23.4 Å². The molecule has 5 rings (SSSR count). The number of rotatable bonds is 5. The van der Waals surface area contributed by atoms with Gasteiger partial charge in [0.05, 0.1) is 5.69 Å². The number of aromatic nitrogens is 3. The van der Waals surface area contributed by atoms with Crippen LogP contribution in [0.15, 0.2) is 18.3 Å². The molecule has 1 fully saturated rings. The zero-order chi connectivity index (χ0) is 23.2. The first kappa shape index (κ1) is 21.8. The molecule has 4 heterocycles. The first-order chi connectivity index (χ1) is 15.8. The molecular formula is C23H28F2N6O2. The first-order valence-corrected chi connectivity index (χ1v) is 11.5. The number of carbonyl (C=O) groups is 1. The molecule has 2 aromatic heterocycles. The second-order valence-electron chi connectivity index (χ2n) is 9.08. The minimum Gasteiger partial charge on any atom is -0.474 e. The fourth-order valence-electron chi connectivity index (χ4n) is 4.64. The van der Waals surface area contributed by atoms with Crippen LogP contribution in [0, 0.1) is 0 Å². The minimum atomic E-state index is -2.57. The van der Waals surface area contributed by atoms with Gasteiger partial charge in [-0.25, -0.2) is 18.7 Å². The lowest BCUT2D eigenvalue weighted by molar-refractivity contribution is -0.119. The summed E-state index contributed by atoms with van der Waals surface area (Å²) in [6, 6.07) is 3.39. The average molecular weight is 459 g/mol. The molecule has 10 heteroatoms. The standard InChI is InChI=1S/C23H28F2N6O2/c1-14-21(32)31-11-3-4-17-19(31)20(30(14)2)29-22(28-17)27-13-15-5-6-18(26-12-15)33-16-7-9-23(24,25)10-8-16/h5-6,12,14,16H,3-4,7-11,13H2,1-2H3,(H,27,28,29)/t14-/m0/s1. The van der Waals surface area contributed by atoms with Gasteiger partial charge in [0.2, 0.25) is 23.7 Å². The van der Waals surface area contributed by atoms with Crippen LogP contribution >= 0.6 is 0 Å². The van der Waals surface area contributed by atoms with Gasteiger partial charge in [-0.3, -0.25) is 4.79 Å². The Bertz CT molecular complexity index is 1040. The highest BCUT2D eigenvalue weighted by atomic mass is 19.3. The van der Waals surface area contributed by atoms with E-state index in [9.17, 15) is 13.6 Å². The predicted molar refractivity (Wildman–Crippen MR) is 120 cm³/mol. The van der Waals surface area contributed by atoms with Gasteiger partial charge >= 0.3 is 0 Å². The summed E-state index contributed by atoms with van der Waals surface area (Å²) in [6.07, 6.45) is 3.59. The number of hydrogen-bond acceptors (Lipinski definition) is 7. The zero-order valence-electron chi connectivity index (χ0n) is 18.9. The molecule has 0 bridgehead atoms. The number of amides is 1. The second kappa shape index (κ2) is 8.39. The summed E-state index contributed by atoms with van der Waals surface area (Å²) < 4.78 is 32.4. The zero-order valence-corrected chi connectivity index (χ0v) is 18.9. The number of nitrogens with zero attached hydrogens (tertiary/aromatic N) is 5. The quantitative estimate of drug-likeness (QED) is 0.734. The molecule has 1 atom stereocenters. The van der Waals surface area contributed by atoms with E-state index in [0.717, 1.165) is 35.6 Å². The lowest BCUT2D eigenvalue weighted by atomic mass is 9.94. The Morgan fingerprint density at radius 3 is 2.76 bits per heavy atom. The highest BCUT2D eigenvalue weighted by Gasteiger charge is 2.39. The maximum absolute atomic E-state index is 13.3. The van der Waals surface area contributed by atoms with Gasteiger partial charge in [0, 0.05) is 45.2 Å². The molecule has 1 aliphatic carbocycles. The number of hydrogen-bond donors (Lipinski definition) is 1. The van der Waals surface area contributed by atoms with Crippen LogP contribution in [-0.2, 0) is 17.8 Å². The van der Waals surface area contributed by atoms with Crippen LogP contribution in [0.2, 0.25) is 0 Å².